The fraction of sp³-hybridized carbons (Fsp3) is 0.250. The molecule has 0 aliphatic rings. The summed E-state index contributed by atoms with van der Waals surface area (Å²) in [6, 6.07) is 1.03. The summed E-state index contributed by atoms with van der Waals surface area (Å²) in [5.41, 5.74) is 4.52. The van der Waals surface area contributed by atoms with Crippen molar-refractivity contribution in [2.75, 3.05) is 5.73 Å². The Morgan fingerprint density at radius 1 is 1.53 bits per heavy atom. The number of fused-ring (bicyclic) bond motifs is 1. The number of nitrogens with zero attached hydrogens (tertiary/aromatic N) is 2. The highest BCUT2D eigenvalue weighted by atomic mass is 19.4. The Morgan fingerprint density at radius 2 is 2.18 bits per heavy atom. The molecular formula is C8H7F3N4O2. The number of aromatic hydroxyl groups is 1. The fourth-order valence-electron chi connectivity index (χ4n) is 1.46. The Labute approximate surface area is 91.5 Å². The highest BCUT2D eigenvalue weighted by Gasteiger charge is 2.30. The molecule has 0 saturated carbocycles. The van der Waals surface area contributed by atoms with Crippen molar-refractivity contribution < 1.29 is 18.3 Å². The quantitative estimate of drug-likeness (QED) is 0.687. The minimum absolute atomic E-state index is 0.0898. The second-order valence-corrected chi connectivity index (χ2v) is 3.40. The van der Waals surface area contributed by atoms with Crippen LogP contribution in [0.25, 0.3) is 10.9 Å². The average Bonchev–Trinajstić information content (AvgIpc) is 2.39. The summed E-state index contributed by atoms with van der Waals surface area (Å²) in [6.07, 6.45) is -4.50. The summed E-state index contributed by atoms with van der Waals surface area (Å²) in [7, 11) is 0. The molecular weight excluding hydrogens is 241 g/mol. The van der Waals surface area contributed by atoms with Gasteiger partial charge in [0.15, 0.2) is 5.88 Å². The van der Waals surface area contributed by atoms with Crippen LogP contribution in [0.4, 0.5) is 19.0 Å². The van der Waals surface area contributed by atoms with Crippen LogP contribution in [0.15, 0.2) is 10.9 Å². The van der Waals surface area contributed by atoms with Gasteiger partial charge in [-0.1, -0.05) is 0 Å². The van der Waals surface area contributed by atoms with Gasteiger partial charge in [0.05, 0.1) is 0 Å². The van der Waals surface area contributed by atoms with Crippen LogP contribution in [-0.2, 0) is 6.54 Å². The zero-order chi connectivity index (χ0) is 12.8. The van der Waals surface area contributed by atoms with Crippen molar-refractivity contribution >= 4 is 16.7 Å². The number of alkyl halides is 3. The van der Waals surface area contributed by atoms with Crippen molar-refractivity contribution in [1.29, 1.82) is 0 Å². The number of anilines is 1. The first-order valence-corrected chi connectivity index (χ1v) is 4.43. The predicted octanol–water partition coefficient (Wildman–Crippen LogP) is 0.575. The molecule has 0 aliphatic carbocycles. The van der Waals surface area contributed by atoms with E-state index in [-0.39, 0.29) is 10.9 Å². The van der Waals surface area contributed by atoms with Crippen molar-refractivity contribution in [2.45, 2.75) is 12.7 Å². The molecule has 0 unspecified atom stereocenters. The fourth-order valence-corrected chi connectivity index (χ4v) is 1.46. The first-order valence-electron chi connectivity index (χ1n) is 4.43. The molecule has 92 valence electrons. The zero-order valence-electron chi connectivity index (χ0n) is 8.25. The van der Waals surface area contributed by atoms with Crippen molar-refractivity contribution in [2.24, 2.45) is 0 Å². The third-order valence-corrected chi connectivity index (χ3v) is 2.09. The van der Waals surface area contributed by atoms with E-state index in [0.29, 0.717) is 4.68 Å². The van der Waals surface area contributed by atoms with E-state index in [1.807, 2.05) is 4.98 Å². The molecule has 6 nitrogen and oxygen atoms in total. The van der Waals surface area contributed by atoms with Gasteiger partial charge in [-0.25, -0.2) is 4.68 Å². The van der Waals surface area contributed by atoms with Crippen LogP contribution in [-0.4, -0.2) is 26.0 Å². The first-order chi connectivity index (χ1) is 7.78. The zero-order valence-corrected chi connectivity index (χ0v) is 8.25. The molecule has 0 radical (unpaired) electrons. The molecule has 0 aliphatic heterocycles. The van der Waals surface area contributed by atoms with Gasteiger partial charge in [-0.3, -0.25) is 9.78 Å². The van der Waals surface area contributed by atoms with E-state index < -0.39 is 30.0 Å². The molecule has 0 aromatic carbocycles. The maximum absolute atomic E-state index is 12.2. The van der Waals surface area contributed by atoms with Crippen LogP contribution in [0.1, 0.15) is 0 Å². The Morgan fingerprint density at radius 3 is 2.76 bits per heavy atom. The number of aromatic amines is 1. The number of nitrogens with one attached hydrogen (secondary N) is 1. The molecule has 4 N–H and O–H groups in total. The van der Waals surface area contributed by atoms with Crippen LogP contribution in [0.5, 0.6) is 5.88 Å². The van der Waals surface area contributed by atoms with Crippen LogP contribution >= 0.6 is 0 Å². The molecule has 0 bridgehead atoms. The molecule has 0 amide bonds. The number of hydrogen-bond acceptors (Lipinski definition) is 4. The minimum Gasteiger partial charge on any atom is -0.494 e. The van der Waals surface area contributed by atoms with E-state index >= 15 is 0 Å². The van der Waals surface area contributed by atoms with Gasteiger partial charge in [0.25, 0.3) is 5.56 Å². The molecule has 17 heavy (non-hydrogen) atoms. The monoisotopic (exact) mass is 248 g/mol. The Balaban J connectivity index is 2.65. The SMILES string of the molecule is Nc1c2c(=O)[nH]c(O)cc2nn1CC(F)(F)F. The van der Waals surface area contributed by atoms with E-state index in [4.69, 9.17) is 10.8 Å². The summed E-state index contributed by atoms with van der Waals surface area (Å²) >= 11 is 0. The number of rotatable bonds is 1. The highest BCUT2D eigenvalue weighted by molar-refractivity contribution is 5.88. The number of halogens is 3. The van der Waals surface area contributed by atoms with E-state index in [0.717, 1.165) is 6.07 Å². The highest BCUT2D eigenvalue weighted by Crippen LogP contribution is 2.23. The summed E-state index contributed by atoms with van der Waals surface area (Å²) in [5.74, 6) is -0.877. The summed E-state index contributed by atoms with van der Waals surface area (Å²) < 4.78 is 37.0. The number of aromatic nitrogens is 3. The Bertz CT molecular complexity index is 628. The lowest BCUT2D eigenvalue weighted by molar-refractivity contribution is -0.142. The summed E-state index contributed by atoms with van der Waals surface area (Å²) in [4.78, 5) is 13.4. The summed E-state index contributed by atoms with van der Waals surface area (Å²) in [6.45, 7) is -1.40. The maximum Gasteiger partial charge on any atom is 0.408 e. The first kappa shape index (κ1) is 11.3. The van der Waals surface area contributed by atoms with Gasteiger partial charge in [0.1, 0.15) is 23.3 Å². The molecule has 9 heteroatoms. The van der Waals surface area contributed by atoms with Crippen LogP contribution in [0, 0.1) is 0 Å². The van der Waals surface area contributed by atoms with Gasteiger partial charge in [-0.05, 0) is 0 Å². The van der Waals surface area contributed by atoms with Gasteiger partial charge in [-0.15, -0.1) is 0 Å². The molecule has 2 aromatic heterocycles. The van der Waals surface area contributed by atoms with Gasteiger partial charge in [0, 0.05) is 6.07 Å². The third kappa shape index (κ3) is 2.03. The van der Waals surface area contributed by atoms with Gasteiger partial charge >= 0.3 is 6.18 Å². The Hall–Kier alpha value is -2.19. The van der Waals surface area contributed by atoms with Crippen molar-refractivity contribution in [3.63, 3.8) is 0 Å². The van der Waals surface area contributed by atoms with Crippen molar-refractivity contribution in [3.8, 4) is 5.88 Å². The topological polar surface area (TPSA) is 96.9 Å². The number of H-pyrrole nitrogens is 1. The smallest absolute Gasteiger partial charge is 0.408 e. The van der Waals surface area contributed by atoms with Gasteiger partial charge in [-0.2, -0.15) is 18.3 Å². The second-order valence-electron chi connectivity index (χ2n) is 3.40. The van der Waals surface area contributed by atoms with Crippen molar-refractivity contribution in [3.05, 3.63) is 16.4 Å². The van der Waals surface area contributed by atoms with E-state index in [1.165, 1.54) is 0 Å². The lowest BCUT2D eigenvalue weighted by Gasteiger charge is -2.06. The molecule has 0 saturated heterocycles. The largest absolute Gasteiger partial charge is 0.494 e. The maximum atomic E-state index is 12.2. The average molecular weight is 248 g/mol. The molecule has 2 heterocycles. The van der Waals surface area contributed by atoms with Crippen molar-refractivity contribution in [1.82, 2.24) is 14.8 Å². The lowest BCUT2D eigenvalue weighted by atomic mass is 10.3. The van der Waals surface area contributed by atoms with Crippen LogP contribution < -0.4 is 11.3 Å². The third-order valence-electron chi connectivity index (χ3n) is 2.09. The standard InChI is InChI=1S/C8H7F3N4O2/c9-8(10,11)2-15-6(12)5-3(14-15)1-4(16)13-7(5)17/h1,16H,2,12H2,(H,13,17). The molecule has 0 fully saturated rings. The molecule has 0 spiro atoms. The van der Waals surface area contributed by atoms with E-state index in [1.54, 1.807) is 0 Å². The van der Waals surface area contributed by atoms with Gasteiger partial charge in [0.2, 0.25) is 0 Å². The summed E-state index contributed by atoms with van der Waals surface area (Å²) in [5, 5.41) is 12.4. The Kier molecular flexibility index (Phi) is 2.26. The van der Waals surface area contributed by atoms with Gasteiger partial charge < -0.3 is 10.8 Å². The van der Waals surface area contributed by atoms with Crippen LogP contribution in [0.2, 0.25) is 0 Å². The predicted molar refractivity (Wildman–Crippen MR) is 52.5 cm³/mol. The second kappa shape index (κ2) is 3.40. The van der Waals surface area contributed by atoms with E-state index in [9.17, 15) is 18.0 Å². The number of nitrogen functional groups attached to an aromatic ring is 1. The van der Waals surface area contributed by atoms with Crippen LogP contribution in [0.3, 0.4) is 0 Å². The normalized spacial score (nSPS) is 12.2. The number of nitrogens with two attached hydrogens (primary N) is 1. The van der Waals surface area contributed by atoms with E-state index in [2.05, 4.69) is 5.10 Å². The molecule has 2 rings (SSSR count). The molecule has 0 atom stereocenters. The molecule has 2 aromatic rings. The minimum atomic E-state index is -4.50. The number of pyridine rings is 1. The number of hydrogen-bond donors (Lipinski definition) is 3. The lowest BCUT2D eigenvalue weighted by Crippen LogP contribution is -2.20.